The standard InChI is InChI=1S/C3H7NS2.K.H/c1-4-3(5)6-2;;/h1-2H3,(H,4,5);;. The predicted octanol–water partition coefficient (Wildman–Crippen LogP) is 0.205. The Morgan fingerprint density at radius 1 is 1.71 bits per heavy atom. The van der Waals surface area contributed by atoms with E-state index < -0.39 is 0 Å². The molecular formula is C3H8KNS2. The summed E-state index contributed by atoms with van der Waals surface area (Å²) in [6, 6.07) is 0. The van der Waals surface area contributed by atoms with Gasteiger partial charge in [0.05, 0.1) is 0 Å². The van der Waals surface area contributed by atoms with Crippen LogP contribution in [0.4, 0.5) is 0 Å². The van der Waals surface area contributed by atoms with Crippen molar-refractivity contribution >= 4 is 79.7 Å². The molecule has 0 unspecified atom stereocenters. The van der Waals surface area contributed by atoms with E-state index in [2.05, 4.69) is 5.32 Å². The van der Waals surface area contributed by atoms with E-state index in [1.54, 1.807) is 11.8 Å². The van der Waals surface area contributed by atoms with E-state index in [0.29, 0.717) is 0 Å². The molecule has 0 heterocycles. The average Bonchev–Trinajstić information content (AvgIpc) is 1.65. The molecule has 0 amide bonds. The normalized spacial score (nSPS) is 6.57. The molecule has 0 aromatic carbocycles. The fourth-order valence-corrected chi connectivity index (χ4v) is 0.306. The first-order valence-electron chi connectivity index (χ1n) is 1.57. The summed E-state index contributed by atoms with van der Waals surface area (Å²) in [6.45, 7) is 0. The van der Waals surface area contributed by atoms with E-state index in [-0.39, 0.29) is 51.4 Å². The van der Waals surface area contributed by atoms with Crippen molar-refractivity contribution in [2.75, 3.05) is 13.3 Å². The summed E-state index contributed by atoms with van der Waals surface area (Å²) < 4.78 is 0.843. The van der Waals surface area contributed by atoms with Gasteiger partial charge in [-0.1, -0.05) is 12.2 Å². The Kier molecular flexibility index (Phi) is 13.1. The molecule has 0 rings (SSSR count). The van der Waals surface area contributed by atoms with Gasteiger partial charge in [-0.25, -0.2) is 0 Å². The van der Waals surface area contributed by atoms with Crippen LogP contribution in [0.3, 0.4) is 0 Å². The van der Waals surface area contributed by atoms with Crippen molar-refractivity contribution in [2.24, 2.45) is 0 Å². The molecule has 0 atom stereocenters. The molecule has 0 spiro atoms. The van der Waals surface area contributed by atoms with E-state index in [1.165, 1.54) is 0 Å². The summed E-state index contributed by atoms with van der Waals surface area (Å²) in [4.78, 5) is 0. The summed E-state index contributed by atoms with van der Waals surface area (Å²) >= 11 is 6.25. The van der Waals surface area contributed by atoms with Gasteiger partial charge in [-0.05, 0) is 6.26 Å². The molecule has 0 fully saturated rings. The van der Waals surface area contributed by atoms with Crippen LogP contribution in [0.2, 0.25) is 0 Å². The van der Waals surface area contributed by atoms with Crippen LogP contribution in [0.5, 0.6) is 0 Å². The van der Waals surface area contributed by atoms with Crippen molar-refractivity contribution in [1.29, 1.82) is 0 Å². The molecule has 0 aliphatic heterocycles. The summed E-state index contributed by atoms with van der Waals surface area (Å²) in [5.74, 6) is 0. The van der Waals surface area contributed by atoms with Crippen molar-refractivity contribution in [3.05, 3.63) is 0 Å². The van der Waals surface area contributed by atoms with Crippen LogP contribution in [0.25, 0.3) is 0 Å². The second kappa shape index (κ2) is 7.88. The zero-order valence-electron chi connectivity index (χ0n) is 3.82. The number of hydrogen-bond donors (Lipinski definition) is 1. The number of hydrogen-bond acceptors (Lipinski definition) is 2. The molecule has 0 radical (unpaired) electrons. The maximum absolute atomic E-state index is 4.71. The van der Waals surface area contributed by atoms with Gasteiger partial charge in [0.25, 0.3) is 0 Å². The molecule has 0 aliphatic rings. The van der Waals surface area contributed by atoms with Gasteiger partial charge in [0.2, 0.25) is 0 Å². The third-order valence-corrected chi connectivity index (χ3v) is 1.67. The van der Waals surface area contributed by atoms with E-state index >= 15 is 0 Å². The third kappa shape index (κ3) is 7.88. The molecule has 0 saturated carbocycles. The number of nitrogens with one attached hydrogen (secondary N) is 1. The fourth-order valence-electron chi connectivity index (χ4n) is 0.102. The Hall–Kier alpha value is 1.88. The average molecular weight is 161 g/mol. The Balaban J connectivity index is 0. The molecule has 0 aromatic rings. The Bertz CT molecular complexity index is 50.9. The van der Waals surface area contributed by atoms with Gasteiger partial charge in [-0.15, -0.1) is 11.8 Å². The van der Waals surface area contributed by atoms with Crippen LogP contribution in [0.15, 0.2) is 0 Å². The first-order valence-corrected chi connectivity index (χ1v) is 3.20. The van der Waals surface area contributed by atoms with Crippen molar-refractivity contribution in [3.8, 4) is 0 Å². The van der Waals surface area contributed by atoms with Gasteiger partial charge >= 0.3 is 51.4 Å². The summed E-state index contributed by atoms with van der Waals surface area (Å²) in [7, 11) is 1.82. The molecule has 0 saturated heterocycles. The van der Waals surface area contributed by atoms with Crippen molar-refractivity contribution < 1.29 is 0 Å². The summed E-state index contributed by atoms with van der Waals surface area (Å²) in [5, 5.41) is 2.81. The molecule has 0 aromatic heterocycles. The summed E-state index contributed by atoms with van der Waals surface area (Å²) in [6.07, 6.45) is 1.94. The van der Waals surface area contributed by atoms with E-state index in [0.717, 1.165) is 4.32 Å². The molecule has 0 bridgehead atoms. The van der Waals surface area contributed by atoms with Gasteiger partial charge in [0.1, 0.15) is 4.32 Å². The first-order chi connectivity index (χ1) is 2.81. The van der Waals surface area contributed by atoms with Crippen LogP contribution >= 0.6 is 24.0 Å². The molecule has 1 nitrogen and oxygen atoms in total. The SMILES string of the molecule is CNC(=S)SC.[KH]. The summed E-state index contributed by atoms with van der Waals surface area (Å²) in [5.41, 5.74) is 0. The minimum absolute atomic E-state index is 0. The molecule has 0 aliphatic carbocycles. The quantitative estimate of drug-likeness (QED) is 0.403. The molecule has 4 heteroatoms. The molecule has 7 heavy (non-hydrogen) atoms. The Morgan fingerprint density at radius 3 is 2.14 bits per heavy atom. The van der Waals surface area contributed by atoms with Crippen LogP contribution in [-0.2, 0) is 0 Å². The van der Waals surface area contributed by atoms with Gasteiger partial charge in [0, 0.05) is 7.05 Å². The van der Waals surface area contributed by atoms with Crippen LogP contribution in [-0.4, -0.2) is 69.0 Å². The molecule has 38 valence electrons. The Morgan fingerprint density at radius 2 is 2.14 bits per heavy atom. The van der Waals surface area contributed by atoms with E-state index in [9.17, 15) is 0 Å². The first kappa shape index (κ1) is 11.6. The van der Waals surface area contributed by atoms with Crippen molar-refractivity contribution in [2.45, 2.75) is 0 Å². The molecule has 1 N–H and O–H groups in total. The number of rotatable bonds is 0. The zero-order chi connectivity index (χ0) is 4.99. The van der Waals surface area contributed by atoms with Crippen LogP contribution in [0, 0.1) is 0 Å². The van der Waals surface area contributed by atoms with Gasteiger partial charge in [-0.2, -0.15) is 0 Å². The maximum atomic E-state index is 4.71. The number of thiocarbonyl (C=S) groups is 1. The van der Waals surface area contributed by atoms with Crippen LogP contribution < -0.4 is 5.32 Å². The third-order valence-electron chi connectivity index (χ3n) is 0.390. The van der Waals surface area contributed by atoms with Crippen LogP contribution in [0.1, 0.15) is 0 Å². The second-order valence-electron chi connectivity index (χ2n) is 0.742. The van der Waals surface area contributed by atoms with Crippen molar-refractivity contribution in [1.82, 2.24) is 5.32 Å². The van der Waals surface area contributed by atoms with Gasteiger partial charge < -0.3 is 5.32 Å². The number of thioether (sulfide) groups is 1. The monoisotopic (exact) mass is 161 g/mol. The predicted molar refractivity (Wildman–Crippen MR) is 42.3 cm³/mol. The van der Waals surface area contributed by atoms with E-state index in [4.69, 9.17) is 12.2 Å². The van der Waals surface area contributed by atoms with Crippen molar-refractivity contribution in [3.63, 3.8) is 0 Å². The van der Waals surface area contributed by atoms with E-state index in [1.807, 2.05) is 13.3 Å². The topological polar surface area (TPSA) is 12.0 Å². The molecular weight excluding hydrogens is 153 g/mol. The van der Waals surface area contributed by atoms with Gasteiger partial charge in [-0.3, -0.25) is 0 Å². The Labute approximate surface area is 96.4 Å². The zero-order valence-corrected chi connectivity index (χ0v) is 5.45. The second-order valence-corrected chi connectivity index (χ2v) is 2.22. The minimum atomic E-state index is 0. The fraction of sp³-hybridized carbons (Fsp3) is 0.667. The van der Waals surface area contributed by atoms with Gasteiger partial charge in [0.15, 0.2) is 0 Å².